The molecule has 0 radical (unpaired) electrons. The zero-order valence-electron chi connectivity index (χ0n) is 16.2. The average molecular weight is 387 g/mol. The van der Waals surface area contributed by atoms with E-state index in [1.165, 1.54) is 13.8 Å². The lowest BCUT2D eigenvalue weighted by molar-refractivity contribution is -0.120. The summed E-state index contributed by atoms with van der Waals surface area (Å²) in [4.78, 5) is 12.8. The van der Waals surface area contributed by atoms with Crippen LogP contribution in [0.4, 0.5) is 0 Å². The number of methoxy groups -OCH3 is 1. The van der Waals surface area contributed by atoms with E-state index < -0.39 is 25.6 Å². The predicted octanol–water partition coefficient (Wildman–Crippen LogP) is 2.08. The Balaban J connectivity index is 2.14. The third kappa shape index (κ3) is 4.18. The molecule has 0 bridgehead atoms. The molecule has 0 aliphatic carbocycles. The van der Waals surface area contributed by atoms with E-state index in [1.807, 2.05) is 13.8 Å². The first kappa shape index (κ1) is 21.1. The van der Waals surface area contributed by atoms with Crippen LogP contribution in [0.25, 0.3) is 0 Å². The summed E-state index contributed by atoms with van der Waals surface area (Å²) in [6.07, 6.45) is 0.749. The van der Waals surface area contributed by atoms with Crippen LogP contribution in [0, 0.1) is 0 Å². The molecule has 0 aromatic carbocycles. The Bertz CT molecular complexity index is 729. The Hall–Kier alpha value is -1.25. The molecular formula is C18H29NO6S. The fourth-order valence-corrected chi connectivity index (χ4v) is 5.12. The molecular weight excluding hydrogens is 358 g/mol. The lowest BCUT2D eigenvalue weighted by Gasteiger charge is -2.30. The Morgan fingerprint density at radius 2 is 1.88 bits per heavy atom. The highest BCUT2D eigenvalue weighted by atomic mass is 32.2. The van der Waals surface area contributed by atoms with Crippen molar-refractivity contribution in [2.75, 3.05) is 26.9 Å². The van der Waals surface area contributed by atoms with Crippen molar-refractivity contribution in [3.05, 3.63) is 17.5 Å². The molecule has 2 rings (SSSR count). The number of hydrogen-bond acceptors (Lipinski definition) is 7. The van der Waals surface area contributed by atoms with Gasteiger partial charge in [-0.15, -0.1) is 0 Å². The molecule has 1 aliphatic heterocycles. The van der Waals surface area contributed by atoms with Crippen molar-refractivity contribution < 1.29 is 27.2 Å². The van der Waals surface area contributed by atoms with Crippen molar-refractivity contribution in [3.63, 3.8) is 0 Å². The van der Waals surface area contributed by atoms with E-state index >= 15 is 0 Å². The first-order chi connectivity index (χ1) is 12.0. The third-order valence-corrected chi connectivity index (χ3v) is 8.08. The number of Topliss-reactive ketones (excluding diaryl/α,β-unsaturated/α-hetero) is 1. The summed E-state index contributed by atoms with van der Waals surface area (Å²) >= 11 is 0. The van der Waals surface area contributed by atoms with Crippen molar-refractivity contribution in [1.82, 2.24) is 5.16 Å². The van der Waals surface area contributed by atoms with Crippen LogP contribution in [0.5, 0.6) is 0 Å². The number of ketones is 1. The van der Waals surface area contributed by atoms with Crippen LogP contribution in [0.2, 0.25) is 0 Å². The number of nitrogens with zero attached hydrogens (tertiary/aromatic N) is 1. The van der Waals surface area contributed by atoms with Crippen LogP contribution in [-0.2, 0) is 35.9 Å². The monoisotopic (exact) mass is 387 g/mol. The number of aromatic nitrogens is 1. The van der Waals surface area contributed by atoms with Crippen molar-refractivity contribution in [2.24, 2.45) is 0 Å². The summed E-state index contributed by atoms with van der Waals surface area (Å²) in [6.45, 7) is 8.15. The number of rotatable bonds is 8. The summed E-state index contributed by atoms with van der Waals surface area (Å²) in [7, 11) is -2.02. The Morgan fingerprint density at radius 1 is 1.27 bits per heavy atom. The van der Waals surface area contributed by atoms with E-state index in [1.54, 1.807) is 13.2 Å². The molecule has 0 unspecified atom stereocenters. The second kappa shape index (κ2) is 7.78. The van der Waals surface area contributed by atoms with E-state index in [-0.39, 0.29) is 11.8 Å². The van der Waals surface area contributed by atoms with Crippen LogP contribution in [-0.4, -0.2) is 56.3 Å². The van der Waals surface area contributed by atoms with Crippen molar-refractivity contribution in [2.45, 2.75) is 62.4 Å². The Morgan fingerprint density at radius 3 is 2.46 bits per heavy atom. The molecule has 148 valence electrons. The van der Waals surface area contributed by atoms with Gasteiger partial charge < -0.3 is 14.0 Å². The van der Waals surface area contributed by atoms with Crippen LogP contribution in [0.15, 0.2) is 10.6 Å². The molecule has 0 amide bonds. The second-order valence-electron chi connectivity index (χ2n) is 7.96. The minimum Gasteiger partial charge on any atom is -0.384 e. The zero-order chi connectivity index (χ0) is 19.6. The second-order valence-corrected chi connectivity index (χ2v) is 10.7. The number of ether oxygens (including phenoxy) is 2. The van der Waals surface area contributed by atoms with Crippen molar-refractivity contribution in [3.8, 4) is 0 Å². The summed E-state index contributed by atoms with van der Waals surface area (Å²) in [5.41, 5.74) is 0.315. The van der Waals surface area contributed by atoms with Gasteiger partial charge in [-0.2, -0.15) is 0 Å². The molecule has 1 fully saturated rings. The van der Waals surface area contributed by atoms with E-state index in [0.717, 1.165) is 0 Å². The molecule has 0 atom stereocenters. The van der Waals surface area contributed by atoms with Gasteiger partial charge in [-0.05, 0) is 26.7 Å². The van der Waals surface area contributed by atoms with Gasteiger partial charge in [-0.25, -0.2) is 8.42 Å². The van der Waals surface area contributed by atoms with Gasteiger partial charge in [0, 0.05) is 31.8 Å². The van der Waals surface area contributed by atoms with Crippen LogP contribution in [0.3, 0.4) is 0 Å². The molecule has 2 heterocycles. The van der Waals surface area contributed by atoms with Gasteiger partial charge in [0.05, 0.1) is 24.0 Å². The molecule has 0 saturated carbocycles. The van der Waals surface area contributed by atoms with Crippen molar-refractivity contribution >= 4 is 15.6 Å². The minimum atomic E-state index is -3.62. The summed E-state index contributed by atoms with van der Waals surface area (Å²) in [6, 6.07) is 1.70. The number of carbonyl (C=O) groups is 1. The van der Waals surface area contributed by atoms with Crippen LogP contribution >= 0.6 is 0 Å². The average Bonchev–Trinajstić information content (AvgIpc) is 3.05. The molecule has 1 aromatic heterocycles. The molecule has 1 saturated heterocycles. The number of carbonyl (C=O) groups excluding carboxylic acids is 1. The van der Waals surface area contributed by atoms with E-state index in [0.29, 0.717) is 44.1 Å². The van der Waals surface area contributed by atoms with Crippen LogP contribution < -0.4 is 0 Å². The van der Waals surface area contributed by atoms with Gasteiger partial charge >= 0.3 is 0 Å². The maximum atomic E-state index is 12.9. The molecule has 26 heavy (non-hydrogen) atoms. The zero-order valence-corrected chi connectivity index (χ0v) is 17.0. The van der Waals surface area contributed by atoms with E-state index in [9.17, 15) is 13.2 Å². The maximum absolute atomic E-state index is 12.9. The first-order valence-electron chi connectivity index (χ1n) is 8.82. The number of sulfone groups is 1. The third-order valence-electron chi connectivity index (χ3n) is 5.08. The lowest BCUT2D eigenvalue weighted by atomic mass is 9.90. The molecule has 7 nitrogen and oxygen atoms in total. The fraction of sp³-hybridized carbons (Fsp3) is 0.778. The highest BCUT2D eigenvalue weighted by Crippen LogP contribution is 2.30. The Labute approximate surface area is 155 Å². The fourth-order valence-electron chi connectivity index (χ4n) is 3.08. The largest absolute Gasteiger partial charge is 0.384 e. The lowest BCUT2D eigenvalue weighted by Crippen LogP contribution is -2.48. The summed E-state index contributed by atoms with van der Waals surface area (Å²) < 4.78 is 40.1. The standard InChI is InChI=1S/C18H29NO6S/c1-17(2,12-23-5)15-10-13(25-19-15)11-16(20)18(3,4)26(21,22)14-6-8-24-9-7-14/h10,14H,6-9,11-12H2,1-5H3. The highest BCUT2D eigenvalue weighted by Gasteiger charge is 2.46. The Kier molecular flexibility index (Phi) is 6.30. The minimum absolute atomic E-state index is 0.106. The normalized spacial score (nSPS) is 17.4. The van der Waals surface area contributed by atoms with Crippen LogP contribution in [0.1, 0.15) is 52.0 Å². The molecule has 1 aromatic rings. The van der Waals surface area contributed by atoms with Gasteiger partial charge in [0.25, 0.3) is 0 Å². The summed E-state index contributed by atoms with van der Waals surface area (Å²) in [5, 5.41) is 3.48. The molecule has 0 N–H and O–H groups in total. The van der Waals surface area contributed by atoms with Gasteiger partial charge in [-0.3, -0.25) is 4.79 Å². The van der Waals surface area contributed by atoms with E-state index in [4.69, 9.17) is 14.0 Å². The van der Waals surface area contributed by atoms with Gasteiger partial charge in [0.15, 0.2) is 15.6 Å². The molecule has 8 heteroatoms. The molecule has 1 aliphatic rings. The highest BCUT2D eigenvalue weighted by molar-refractivity contribution is 7.94. The van der Waals surface area contributed by atoms with Gasteiger partial charge in [-0.1, -0.05) is 19.0 Å². The van der Waals surface area contributed by atoms with E-state index in [2.05, 4.69) is 5.16 Å². The smallest absolute Gasteiger partial charge is 0.165 e. The number of hydrogen-bond donors (Lipinski definition) is 0. The first-order valence-corrected chi connectivity index (χ1v) is 10.4. The summed E-state index contributed by atoms with van der Waals surface area (Å²) in [5.74, 6) is -0.0272. The SMILES string of the molecule is COCC(C)(C)c1cc(CC(=O)C(C)(C)S(=O)(=O)C2CCOCC2)on1. The molecule has 0 spiro atoms. The quantitative estimate of drug-likeness (QED) is 0.674. The van der Waals surface area contributed by atoms with Crippen molar-refractivity contribution in [1.29, 1.82) is 0 Å². The van der Waals surface area contributed by atoms with Gasteiger partial charge in [0.1, 0.15) is 10.5 Å². The topological polar surface area (TPSA) is 95.7 Å². The maximum Gasteiger partial charge on any atom is 0.165 e. The predicted molar refractivity (Wildman–Crippen MR) is 97.0 cm³/mol. The van der Waals surface area contributed by atoms with Gasteiger partial charge in [0.2, 0.25) is 0 Å².